The van der Waals surface area contributed by atoms with Crippen LogP contribution in [0.3, 0.4) is 0 Å². The van der Waals surface area contributed by atoms with Gasteiger partial charge in [0.1, 0.15) is 5.88 Å². The summed E-state index contributed by atoms with van der Waals surface area (Å²) >= 11 is 5.83. The summed E-state index contributed by atoms with van der Waals surface area (Å²) in [6, 6.07) is 2.61. The van der Waals surface area contributed by atoms with Gasteiger partial charge >= 0.3 is 0 Å². The van der Waals surface area contributed by atoms with Crippen LogP contribution in [0.1, 0.15) is 56.0 Å². The van der Waals surface area contributed by atoms with Crippen molar-refractivity contribution in [2.24, 2.45) is 5.92 Å². The minimum absolute atomic E-state index is 0.0148. The highest BCUT2D eigenvalue weighted by Crippen LogP contribution is 2.33. The van der Waals surface area contributed by atoms with E-state index in [-0.39, 0.29) is 11.8 Å². The molecular formula is C18H26ClN3O. The highest BCUT2D eigenvalue weighted by Gasteiger charge is 2.28. The fourth-order valence-electron chi connectivity index (χ4n) is 3.89. The van der Waals surface area contributed by atoms with Crippen molar-refractivity contribution < 1.29 is 4.79 Å². The van der Waals surface area contributed by atoms with Crippen molar-refractivity contribution in [1.82, 2.24) is 14.7 Å². The first-order valence-corrected chi connectivity index (χ1v) is 9.15. The van der Waals surface area contributed by atoms with Gasteiger partial charge in [-0.25, -0.2) is 0 Å². The predicted octanol–water partition coefficient (Wildman–Crippen LogP) is 3.84. The lowest BCUT2D eigenvalue weighted by molar-refractivity contribution is -0.130. The first kappa shape index (κ1) is 16.6. The average molecular weight is 336 g/mol. The maximum atomic E-state index is 12.3. The smallest absolute Gasteiger partial charge is 0.237 e. The van der Waals surface area contributed by atoms with Crippen LogP contribution >= 0.6 is 11.6 Å². The van der Waals surface area contributed by atoms with Gasteiger partial charge in [-0.15, -0.1) is 11.6 Å². The Morgan fingerprint density at radius 1 is 1.43 bits per heavy atom. The molecule has 0 unspecified atom stereocenters. The predicted molar refractivity (Wildman–Crippen MR) is 92.5 cm³/mol. The quantitative estimate of drug-likeness (QED) is 0.585. The third-order valence-electron chi connectivity index (χ3n) is 5.06. The van der Waals surface area contributed by atoms with Crippen LogP contribution in [0.2, 0.25) is 0 Å². The molecular weight excluding hydrogens is 310 g/mol. The lowest BCUT2D eigenvalue weighted by atomic mass is 9.81. The number of hydrogen-bond donors (Lipinski definition) is 0. The molecule has 1 aromatic heterocycles. The van der Waals surface area contributed by atoms with E-state index in [2.05, 4.69) is 22.4 Å². The molecule has 2 aliphatic carbocycles. The van der Waals surface area contributed by atoms with Gasteiger partial charge in [0, 0.05) is 6.54 Å². The van der Waals surface area contributed by atoms with Crippen LogP contribution < -0.4 is 0 Å². The van der Waals surface area contributed by atoms with Gasteiger partial charge in [0.2, 0.25) is 5.91 Å². The Labute approximate surface area is 143 Å². The van der Waals surface area contributed by atoms with Crippen molar-refractivity contribution >= 4 is 17.5 Å². The van der Waals surface area contributed by atoms with Gasteiger partial charge in [-0.1, -0.05) is 25.0 Å². The summed E-state index contributed by atoms with van der Waals surface area (Å²) in [4.78, 5) is 14.2. The second-order valence-corrected chi connectivity index (χ2v) is 7.36. The molecule has 1 amide bonds. The largest absolute Gasteiger partial charge is 0.335 e. The first-order valence-electron chi connectivity index (χ1n) is 8.62. The maximum absolute atomic E-state index is 12.3. The molecule has 0 saturated heterocycles. The van der Waals surface area contributed by atoms with Crippen LogP contribution in [0, 0.1) is 12.8 Å². The number of carbonyl (C=O) groups is 1. The molecule has 1 aromatic rings. The van der Waals surface area contributed by atoms with E-state index in [1.807, 2.05) is 11.8 Å². The standard InChI is InChI=1S/C18H26ClN3O/c1-13-7-15(8-13)11-21(18(23)10-19)12-17-9-14(2)20-22(17)16-5-3-4-6-16/h9,15-16H,1,3-8,10-12H2,2H3. The Bertz CT molecular complexity index is 581. The number of allylic oxidation sites excluding steroid dienone is 1. The first-order chi connectivity index (χ1) is 11.1. The normalized spacial score (nSPS) is 19.1. The van der Waals surface area contributed by atoms with E-state index in [1.54, 1.807) is 0 Å². The Hall–Kier alpha value is -1.29. The van der Waals surface area contributed by atoms with E-state index in [4.69, 9.17) is 11.6 Å². The molecule has 0 aliphatic heterocycles. The molecule has 23 heavy (non-hydrogen) atoms. The van der Waals surface area contributed by atoms with Crippen molar-refractivity contribution in [3.05, 3.63) is 29.6 Å². The zero-order valence-corrected chi connectivity index (χ0v) is 14.7. The van der Waals surface area contributed by atoms with Crippen LogP contribution in [0.4, 0.5) is 0 Å². The summed E-state index contributed by atoms with van der Waals surface area (Å²) in [6.45, 7) is 7.41. The number of hydrogen-bond acceptors (Lipinski definition) is 2. The molecule has 3 rings (SSSR count). The van der Waals surface area contributed by atoms with Gasteiger partial charge in [0.05, 0.1) is 24.0 Å². The van der Waals surface area contributed by atoms with Crippen molar-refractivity contribution in [3.8, 4) is 0 Å². The third-order valence-corrected chi connectivity index (χ3v) is 5.29. The van der Waals surface area contributed by atoms with Crippen LogP contribution in [0.5, 0.6) is 0 Å². The van der Waals surface area contributed by atoms with E-state index in [0.29, 0.717) is 18.5 Å². The van der Waals surface area contributed by atoms with E-state index in [9.17, 15) is 4.79 Å². The van der Waals surface area contributed by atoms with Crippen molar-refractivity contribution in [3.63, 3.8) is 0 Å². The number of amides is 1. The molecule has 1 heterocycles. The number of rotatable bonds is 6. The summed E-state index contributed by atoms with van der Waals surface area (Å²) in [5.41, 5.74) is 3.47. The number of alkyl halides is 1. The van der Waals surface area contributed by atoms with Gasteiger partial charge in [-0.2, -0.15) is 5.10 Å². The molecule has 0 aromatic carbocycles. The highest BCUT2D eigenvalue weighted by molar-refractivity contribution is 6.27. The van der Waals surface area contributed by atoms with Crippen LogP contribution in [0.25, 0.3) is 0 Å². The molecule has 0 bridgehead atoms. The SMILES string of the molecule is C=C1CC(CN(Cc2cc(C)nn2C2CCCC2)C(=O)CCl)C1. The molecule has 4 nitrogen and oxygen atoms in total. The van der Waals surface area contributed by atoms with E-state index >= 15 is 0 Å². The van der Waals surface area contributed by atoms with Gasteiger partial charge in [0.15, 0.2) is 0 Å². The Morgan fingerprint density at radius 2 is 2.13 bits per heavy atom. The summed E-state index contributed by atoms with van der Waals surface area (Å²) in [6.07, 6.45) is 7.01. The van der Waals surface area contributed by atoms with Crippen LogP contribution in [-0.2, 0) is 11.3 Å². The molecule has 0 radical (unpaired) electrons. The molecule has 2 fully saturated rings. The molecule has 2 aliphatic rings. The minimum atomic E-state index is 0.0148. The molecule has 0 N–H and O–H groups in total. The van der Waals surface area contributed by atoms with Crippen LogP contribution in [-0.4, -0.2) is 33.0 Å². The van der Waals surface area contributed by atoms with Gasteiger partial charge in [-0.05, 0) is 44.6 Å². The third kappa shape index (κ3) is 3.79. The van der Waals surface area contributed by atoms with Crippen molar-refractivity contribution in [1.29, 1.82) is 0 Å². The fourth-order valence-corrected chi connectivity index (χ4v) is 4.05. The second kappa shape index (κ2) is 7.08. The van der Waals surface area contributed by atoms with E-state index in [0.717, 1.165) is 30.8 Å². The lowest BCUT2D eigenvalue weighted by Crippen LogP contribution is -2.38. The van der Waals surface area contributed by atoms with Crippen molar-refractivity contribution in [2.45, 2.75) is 58.0 Å². The molecule has 5 heteroatoms. The molecule has 0 atom stereocenters. The average Bonchev–Trinajstić information content (AvgIpc) is 3.13. The molecule has 0 spiro atoms. The topological polar surface area (TPSA) is 38.1 Å². The second-order valence-electron chi connectivity index (χ2n) is 7.09. The summed E-state index contributed by atoms with van der Waals surface area (Å²) in [7, 11) is 0. The lowest BCUT2D eigenvalue weighted by Gasteiger charge is -2.34. The number of halogens is 1. The fraction of sp³-hybridized carbons (Fsp3) is 0.667. The van der Waals surface area contributed by atoms with Crippen molar-refractivity contribution in [2.75, 3.05) is 12.4 Å². The number of aromatic nitrogens is 2. The Kier molecular flexibility index (Phi) is 5.10. The highest BCUT2D eigenvalue weighted by atomic mass is 35.5. The summed E-state index contributed by atoms with van der Waals surface area (Å²) in [5.74, 6) is 0.601. The summed E-state index contributed by atoms with van der Waals surface area (Å²) in [5, 5.41) is 4.69. The molecule has 126 valence electrons. The van der Waals surface area contributed by atoms with Gasteiger partial charge in [0.25, 0.3) is 0 Å². The summed E-state index contributed by atoms with van der Waals surface area (Å²) < 4.78 is 2.16. The zero-order valence-electron chi connectivity index (χ0n) is 13.9. The monoisotopic (exact) mass is 335 g/mol. The Morgan fingerprint density at radius 3 is 2.74 bits per heavy atom. The van der Waals surface area contributed by atoms with Crippen LogP contribution in [0.15, 0.2) is 18.2 Å². The molecule has 2 saturated carbocycles. The van der Waals surface area contributed by atoms with E-state index in [1.165, 1.54) is 31.3 Å². The number of carbonyl (C=O) groups excluding carboxylic acids is 1. The number of aryl methyl sites for hydroxylation is 1. The zero-order chi connectivity index (χ0) is 16.4. The minimum Gasteiger partial charge on any atom is -0.335 e. The van der Waals surface area contributed by atoms with Gasteiger partial charge in [-0.3, -0.25) is 9.48 Å². The maximum Gasteiger partial charge on any atom is 0.237 e. The van der Waals surface area contributed by atoms with E-state index < -0.39 is 0 Å². The Balaban J connectivity index is 1.73. The van der Waals surface area contributed by atoms with Gasteiger partial charge < -0.3 is 4.90 Å². The number of nitrogens with zero attached hydrogens (tertiary/aromatic N) is 3.